The largest absolute Gasteiger partial charge is 0.469 e. The van der Waals surface area contributed by atoms with Crippen molar-refractivity contribution in [3.8, 4) is 0 Å². The zero-order valence-electron chi connectivity index (χ0n) is 16.8. The molecule has 1 heterocycles. The van der Waals surface area contributed by atoms with Gasteiger partial charge in [0.05, 0.1) is 25.5 Å². The normalized spacial score (nSPS) is 17.1. The van der Waals surface area contributed by atoms with Gasteiger partial charge in [0.1, 0.15) is 0 Å². The number of hydrogen-bond donors (Lipinski definition) is 1. The van der Waals surface area contributed by atoms with Crippen LogP contribution in [0.15, 0.2) is 54.6 Å². The summed E-state index contributed by atoms with van der Waals surface area (Å²) in [5.41, 5.74) is 2.82. The van der Waals surface area contributed by atoms with E-state index in [0.717, 1.165) is 17.7 Å². The highest BCUT2D eigenvalue weighted by Gasteiger charge is 2.36. The smallest absolute Gasteiger partial charge is 0.307 e. The number of nitrogens with zero attached hydrogens (tertiary/aromatic N) is 1. The van der Waals surface area contributed by atoms with Crippen molar-refractivity contribution in [1.29, 1.82) is 0 Å². The van der Waals surface area contributed by atoms with E-state index in [2.05, 4.69) is 12.2 Å². The number of benzene rings is 2. The molecule has 0 aliphatic carbocycles. The minimum atomic E-state index is -0.496. The number of anilines is 1. The lowest BCUT2D eigenvalue weighted by atomic mass is 10.0. The third-order valence-corrected chi connectivity index (χ3v) is 5.27. The fourth-order valence-electron chi connectivity index (χ4n) is 3.52. The number of hydrogen-bond acceptors (Lipinski definition) is 4. The summed E-state index contributed by atoms with van der Waals surface area (Å²) in [5.74, 6) is -1.17. The van der Waals surface area contributed by atoms with Gasteiger partial charge in [-0.3, -0.25) is 14.4 Å². The molecule has 6 nitrogen and oxygen atoms in total. The predicted molar refractivity (Wildman–Crippen MR) is 110 cm³/mol. The predicted octanol–water partition coefficient (Wildman–Crippen LogP) is 3.02. The highest BCUT2D eigenvalue weighted by atomic mass is 16.5. The van der Waals surface area contributed by atoms with Gasteiger partial charge in [-0.15, -0.1) is 0 Å². The highest BCUT2D eigenvalue weighted by molar-refractivity contribution is 6.00. The van der Waals surface area contributed by atoms with Crippen molar-refractivity contribution < 1.29 is 19.1 Å². The Bertz CT molecular complexity index is 864. The molecular weight excluding hydrogens is 368 g/mol. The van der Waals surface area contributed by atoms with E-state index in [4.69, 9.17) is 4.74 Å². The Kier molecular flexibility index (Phi) is 6.65. The number of amides is 2. The zero-order chi connectivity index (χ0) is 20.8. The maximum Gasteiger partial charge on any atom is 0.307 e. The lowest BCUT2D eigenvalue weighted by molar-refractivity contribution is -0.141. The summed E-state index contributed by atoms with van der Waals surface area (Å²) in [4.78, 5) is 38.8. The van der Waals surface area contributed by atoms with Gasteiger partial charge in [0, 0.05) is 18.7 Å². The third-order valence-electron chi connectivity index (χ3n) is 5.27. The first-order chi connectivity index (χ1) is 14.0. The number of ether oxygens (including phenoxy) is 1. The Labute approximate surface area is 170 Å². The summed E-state index contributed by atoms with van der Waals surface area (Å²) in [5, 5.41) is 2.93. The molecule has 2 aromatic rings. The summed E-state index contributed by atoms with van der Waals surface area (Å²) >= 11 is 0. The Hall–Kier alpha value is -3.15. The molecule has 2 atom stereocenters. The number of methoxy groups -OCH3 is 1. The summed E-state index contributed by atoms with van der Waals surface area (Å²) in [6.45, 7) is 2.41. The Morgan fingerprint density at radius 2 is 1.83 bits per heavy atom. The molecule has 0 radical (unpaired) electrons. The van der Waals surface area contributed by atoms with E-state index in [1.54, 1.807) is 4.90 Å². The van der Waals surface area contributed by atoms with Crippen LogP contribution in [0.1, 0.15) is 36.9 Å². The summed E-state index contributed by atoms with van der Waals surface area (Å²) < 4.78 is 4.77. The van der Waals surface area contributed by atoms with Gasteiger partial charge in [0.2, 0.25) is 11.8 Å². The van der Waals surface area contributed by atoms with Crippen LogP contribution in [0.5, 0.6) is 0 Å². The second-order valence-electron chi connectivity index (χ2n) is 7.18. The highest BCUT2D eigenvalue weighted by Crippen LogP contribution is 2.27. The van der Waals surface area contributed by atoms with E-state index in [9.17, 15) is 14.4 Å². The van der Waals surface area contributed by atoms with Crippen molar-refractivity contribution in [2.24, 2.45) is 5.92 Å². The van der Waals surface area contributed by atoms with Gasteiger partial charge in [0.15, 0.2) is 0 Å². The topological polar surface area (TPSA) is 75.7 Å². The molecule has 3 rings (SSSR count). The van der Waals surface area contributed by atoms with Crippen molar-refractivity contribution in [2.45, 2.75) is 32.2 Å². The summed E-state index contributed by atoms with van der Waals surface area (Å²) in [6.07, 6.45) is 1.12. The van der Waals surface area contributed by atoms with Crippen LogP contribution in [0.2, 0.25) is 0 Å². The minimum absolute atomic E-state index is 0.0368. The van der Waals surface area contributed by atoms with E-state index < -0.39 is 17.9 Å². The van der Waals surface area contributed by atoms with Crippen LogP contribution >= 0.6 is 0 Å². The second-order valence-corrected chi connectivity index (χ2v) is 7.18. The molecule has 0 aromatic heterocycles. The standard InChI is InChI=1S/C23H26N2O4/c1-3-16-9-11-19(12-10-16)25-15-18(13-21(25)26)23(28)24-20(14-22(27)29-2)17-7-5-4-6-8-17/h4-12,18,20H,3,13-15H2,1-2H3,(H,24,28). The SMILES string of the molecule is CCc1ccc(N2CC(C(=O)NC(CC(=O)OC)c3ccccc3)CC2=O)cc1. The number of carbonyl (C=O) groups excluding carboxylic acids is 3. The van der Waals surface area contributed by atoms with Crippen molar-refractivity contribution >= 4 is 23.5 Å². The molecule has 152 valence electrons. The fraction of sp³-hybridized carbons (Fsp3) is 0.348. The lowest BCUT2D eigenvalue weighted by Crippen LogP contribution is -2.36. The van der Waals surface area contributed by atoms with Gasteiger partial charge in [-0.2, -0.15) is 0 Å². The van der Waals surface area contributed by atoms with Gasteiger partial charge < -0.3 is 15.0 Å². The van der Waals surface area contributed by atoms with Crippen LogP contribution in [0.3, 0.4) is 0 Å². The van der Waals surface area contributed by atoms with Crippen LogP contribution in [0.25, 0.3) is 0 Å². The number of carbonyl (C=O) groups is 3. The first-order valence-corrected chi connectivity index (χ1v) is 9.83. The molecular formula is C23H26N2O4. The molecule has 1 aliphatic heterocycles. The van der Waals surface area contributed by atoms with Gasteiger partial charge in [-0.25, -0.2) is 0 Å². The number of esters is 1. The maximum absolute atomic E-state index is 12.9. The quantitative estimate of drug-likeness (QED) is 0.733. The van der Waals surface area contributed by atoms with E-state index in [1.165, 1.54) is 12.7 Å². The van der Waals surface area contributed by atoms with Crippen molar-refractivity contribution in [3.05, 3.63) is 65.7 Å². The molecule has 1 fully saturated rings. The zero-order valence-corrected chi connectivity index (χ0v) is 16.8. The fourth-order valence-corrected chi connectivity index (χ4v) is 3.52. The molecule has 0 bridgehead atoms. The molecule has 6 heteroatoms. The maximum atomic E-state index is 12.9. The number of aryl methyl sites for hydroxylation is 1. The number of nitrogens with one attached hydrogen (secondary N) is 1. The summed E-state index contributed by atoms with van der Waals surface area (Å²) in [6, 6.07) is 16.6. The molecule has 1 N–H and O–H groups in total. The molecule has 0 saturated carbocycles. The van der Waals surface area contributed by atoms with Crippen LogP contribution in [-0.4, -0.2) is 31.4 Å². The monoisotopic (exact) mass is 394 g/mol. The van der Waals surface area contributed by atoms with Crippen molar-refractivity contribution in [1.82, 2.24) is 5.32 Å². The Morgan fingerprint density at radius 3 is 2.45 bits per heavy atom. The molecule has 2 unspecified atom stereocenters. The van der Waals surface area contributed by atoms with E-state index >= 15 is 0 Å². The van der Waals surface area contributed by atoms with Gasteiger partial charge in [-0.1, -0.05) is 49.4 Å². The summed E-state index contributed by atoms with van der Waals surface area (Å²) in [7, 11) is 1.32. The lowest BCUT2D eigenvalue weighted by Gasteiger charge is -2.21. The van der Waals surface area contributed by atoms with Crippen LogP contribution in [-0.2, 0) is 25.5 Å². The average molecular weight is 394 g/mol. The van der Waals surface area contributed by atoms with Gasteiger partial charge in [0.25, 0.3) is 0 Å². The van der Waals surface area contributed by atoms with Crippen LogP contribution in [0.4, 0.5) is 5.69 Å². The third kappa shape index (κ3) is 5.02. The van der Waals surface area contributed by atoms with Gasteiger partial charge >= 0.3 is 5.97 Å². The minimum Gasteiger partial charge on any atom is -0.469 e. The van der Waals surface area contributed by atoms with E-state index in [-0.39, 0.29) is 24.7 Å². The van der Waals surface area contributed by atoms with E-state index in [0.29, 0.717) is 6.54 Å². The van der Waals surface area contributed by atoms with Crippen molar-refractivity contribution in [3.63, 3.8) is 0 Å². The molecule has 1 aliphatic rings. The molecule has 0 spiro atoms. The molecule has 1 saturated heterocycles. The molecule has 2 aromatic carbocycles. The number of rotatable bonds is 7. The Balaban J connectivity index is 1.70. The molecule has 2 amide bonds. The first-order valence-electron chi connectivity index (χ1n) is 9.83. The van der Waals surface area contributed by atoms with Crippen molar-refractivity contribution in [2.75, 3.05) is 18.6 Å². The van der Waals surface area contributed by atoms with E-state index in [1.807, 2.05) is 54.6 Å². The molecule has 29 heavy (non-hydrogen) atoms. The average Bonchev–Trinajstić information content (AvgIpc) is 3.15. The Morgan fingerprint density at radius 1 is 1.14 bits per heavy atom. The second kappa shape index (κ2) is 9.37. The van der Waals surface area contributed by atoms with Crippen LogP contribution in [0, 0.1) is 5.92 Å². The van der Waals surface area contributed by atoms with Gasteiger partial charge in [-0.05, 0) is 29.7 Å². The first kappa shape index (κ1) is 20.6. The van der Waals surface area contributed by atoms with Crippen LogP contribution < -0.4 is 10.2 Å².